The van der Waals surface area contributed by atoms with E-state index >= 15 is 0 Å². The summed E-state index contributed by atoms with van der Waals surface area (Å²) in [5.41, 5.74) is 1.05. The smallest absolute Gasteiger partial charge is 0.306 e. The summed E-state index contributed by atoms with van der Waals surface area (Å²) in [6.07, 6.45) is 5.42. The third kappa shape index (κ3) is 5.09. The van der Waals surface area contributed by atoms with E-state index in [0.717, 1.165) is 17.8 Å². The Balaban J connectivity index is 1.72. The Labute approximate surface area is 172 Å². The molecule has 5 nitrogen and oxygen atoms in total. The maximum atomic E-state index is 14.1. The zero-order valence-electron chi connectivity index (χ0n) is 15.9. The maximum absolute atomic E-state index is 14.1. The van der Waals surface area contributed by atoms with Crippen LogP contribution < -0.4 is 4.74 Å². The molecule has 1 heterocycles. The van der Waals surface area contributed by atoms with Gasteiger partial charge < -0.3 is 9.84 Å². The Morgan fingerprint density at radius 3 is 2.79 bits per heavy atom. The van der Waals surface area contributed by atoms with Gasteiger partial charge >= 0.3 is 5.97 Å². The number of benzene rings is 1. The highest BCUT2D eigenvalue weighted by Gasteiger charge is 2.28. The molecule has 0 amide bonds. The number of carboxylic acids is 1. The molecule has 0 bridgehead atoms. The maximum Gasteiger partial charge on any atom is 0.306 e. The van der Waals surface area contributed by atoms with Crippen LogP contribution in [0.4, 0.5) is 8.78 Å². The minimum atomic E-state index is -0.780. The van der Waals surface area contributed by atoms with Crippen molar-refractivity contribution in [2.45, 2.75) is 39.2 Å². The Morgan fingerprint density at radius 2 is 2.17 bits per heavy atom. The van der Waals surface area contributed by atoms with Crippen molar-refractivity contribution < 1.29 is 23.4 Å². The van der Waals surface area contributed by atoms with Gasteiger partial charge in [-0.25, -0.2) is 9.37 Å². The first-order valence-corrected chi connectivity index (χ1v) is 9.78. The van der Waals surface area contributed by atoms with Crippen molar-refractivity contribution in [1.82, 2.24) is 9.97 Å². The summed E-state index contributed by atoms with van der Waals surface area (Å²) in [5, 5.41) is 9.59. The van der Waals surface area contributed by atoms with Crippen molar-refractivity contribution in [3.05, 3.63) is 58.5 Å². The van der Waals surface area contributed by atoms with Crippen molar-refractivity contribution in [3.63, 3.8) is 0 Å². The number of aromatic nitrogens is 2. The largest absolute Gasteiger partial charge is 0.481 e. The van der Waals surface area contributed by atoms with Gasteiger partial charge in [0.2, 0.25) is 5.82 Å². The van der Waals surface area contributed by atoms with Crippen LogP contribution in [0.15, 0.2) is 30.5 Å². The molecule has 8 heteroatoms. The van der Waals surface area contributed by atoms with E-state index in [2.05, 4.69) is 9.97 Å². The molecule has 1 aliphatic carbocycles. The van der Waals surface area contributed by atoms with Gasteiger partial charge in [0.1, 0.15) is 12.4 Å². The summed E-state index contributed by atoms with van der Waals surface area (Å²) in [4.78, 5) is 19.5. The van der Waals surface area contributed by atoms with Crippen LogP contribution in [0, 0.1) is 23.5 Å². The molecule has 2 unspecified atom stereocenters. The number of allylic oxidation sites excluding steroid dienone is 2. The number of hydrogen-bond acceptors (Lipinski definition) is 4. The number of nitrogens with zero attached hydrogens (tertiary/aromatic N) is 2. The van der Waals surface area contributed by atoms with Gasteiger partial charge in [-0.3, -0.25) is 4.79 Å². The molecule has 0 saturated carbocycles. The van der Waals surface area contributed by atoms with Crippen LogP contribution in [0.3, 0.4) is 0 Å². The highest BCUT2D eigenvalue weighted by Crippen LogP contribution is 2.35. The van der Waals surface area contributed by atoms with Gasteiger partial charge in [-0.05, 0) is 49.3 Å². The second kappa shape index (κ2) is 9.31. The van der Waals surface area contributed by atoms with Crippen molar-refractivity contribution in [1.29, 1.82) is 0 Å². The molecule has 2 atom stereocenters. The number of carboxylic acid groups (broad SMARTS) is 1. The first-order chi connectivity index (χ1) is 13.9. The molecule has 0 aliphatic heterocycles. The predicted octanol–water partition coefficient (Wildman–Crippen LogP) is 5.28. The predicted molar refractivity (Wildman–Crippen MR) is 104 cm³/mol. The molecule has 29 heavy (non-hydrogen) atoms. The summed E-state index contributed by atoms with van der Waals surface area (Å²) < 4.78 is 33.3. The summed E-state index contributed by atoms with van der Waals surface area (Å²) in [7, 11) is 0. The number of aliphatic carboxylic acids is 1. The normalized spacial score (nSPS) is 17.5. The molecule has 3 rings (SSSR count). The number of halogens is 3. The Kier molecular flexibility index (Phi) is 6.79. The van der Waals surface area contributed by atoms with Gasteiger partial charge in [-0.1, -0.05) is 30.7 Å². The third-order valence-corrected chi connectivity index (χ3v) is 5.39. The minimum absolute atomic E-state index is 0.0605. The van der Waals surface area contributed by atoms with Gasteiger partial charge in [0.05, 0.1) is 12.1 Å². The average Bonchev–Trinajstić information content (AvgIpc) is 2.69. The van der Waals surface area contributed by atoms with Crippen molar-refractivity contribution in [2.75, 3.05) is 0 Å². The molecule has 0 spiro atoms. The average molecular weight is 423 g/mol. The Hall–Kier alpha value is -2.54. The molecule has 154 valence electrons. The summed E-state index contributed by atoms with van der Waals surface area (Å²) in [6.45, 7) is 1.67. The number of carbonyl (C=O) groups is 1. The van der Waals surface area contributed by atoms with Gasteiger partial charge in [0.15, 0.2) is 5.82 Å². The molecular weight excluding hydrogens is 402 g/mol. The van der Waals surface area contributed by atoms with Crippen LogP contribution in [-0.2, 0) is 11.4 Å². The molecule has 2 aromatic rings. The van der Waals surface area contributed by atoms with Crippen molar-refractivity contribution in [2.24, 2.45) is 11.8 Å². The topological polar surface area (TPSA) is 72.3 Å². The minimum Gasteiger partial charge on any atom is -0.481 e. The molecule has 0 radical (unpaired) electrons. The van der Waals surface area contributed by atoms with E-state index < -0.39 is 17.6 Å². The van der Waals surface area contributed by atoms with Crippen LogP contribution in [0.1, 0.15) is 44.0 Å². The lowest BCUT2D eigenvalue weighted by atomic mass is 9.79. The number of ether oxygens (including phenoxy) is 1. The lowest BCUT2D eigenvalue weighted by Gasteiger charge is -2.26. The molecule has 1 aromatic heterocycles. The fourth-order valence-electron chi connectivity index (χ4n) is 3.52. The monoisotopic (exact) mass is 422 g/mol. The lowest BCUT2D eigenvalue weighted by Crippen LogP contribution is -2.24. The summed E-state index contributed by atoms with van der Waals surface area (Å²) in [5.74, 6) is -2.31. The number of hydrogen-bond donors (Lipinski definition) is 1. The number of rotatable bonds is 7. The van der Waals surface area contributed by atoms with Crippen molar-refractivity contribution in [3.8, 4) is 5.88 Å². The van der Waals surface area contributed by atoms with E-state index in [-0.39, 0.29) is 34.9 Å². The quantitative estimate of drug-likeness (QED) is 0.657. The summed E-state index contributed by atoms with van der Waals surface area (Å²) >= 11 is 5.72. The van der Waals surface area contributed by atoms with E-state index in [9.17, 15) is 18.7 Å². The van der Waals surface area contributed by atoms with Gasteiger partial charge in [-0.2, -0.15) is 9.37 Å². The summed E-state index contributed by atoms with van der Waals surface area (Å²) in [6, 6.07) is 4.15. The van der Waals surface area contributed by atoms with E-state index in [1.165, 1.54) is 12.1 Å². The second-order valence-corrected chi connectivity index (χ2v) is 7.42. The zero-order chi connectivity index (χ0) is 21.0. The highest BCUT2D eigenvalue weighted by molar-refractivity contribution is 6.30. The molecule has 1 N–H and O–H groups in total. The van der Waals surface area contributed by atoms with Gasteiger partial charge in [0, 0.05) is 10.6 Å². The molecular formula is C21H21ClF2N2O3. The van der Waals surface area contributed by atoms with E-state index in [4.69, 9.17) is 16.3 Å². The zero-order valence-corrected chi connectivity index (χ0v) is 16.6. The van der Waals surface area contributed by atoms with Crippen molar-refractivity contribution >= 4 is 23.1 Å². The molecule has 0 fully saturated rings. The van der Waals surface area contributed by atoms with Crippen LogP contribution in [0.2, 0.25) is 5.02 Å². The van der Waals surface area contributed by atoms with E-state index in [1.807, 2.05) is 13.0 Å². The van der Waals surface area contributed by atoms with Crippen LogP contribution in [0.25, 0.3) is 5.57 Å². The SMILES string of the molecule is CCC(C(=O)O)C1CC=C(c2ncc(F)c(OCc3ccc(Cl)cc3F)n2)CC1. The first kappa shape index (κ1) is 21.2. The fraction of sp³-hybridized carbons (Fsp3) is 0.381. The standard InChI is InChI=1S/C21H21ClF2N2O3/c1-2-16(21(27)28)12-3-5-13(6-4-12)19-25-10-18(24)20(26-19)29-11-14-7-8-15(22)9-17(14)23/h5,7-10,12,16H,2-4,6,11H2,1H3,(H,27,28). The van der Waals surface area contributed by atoms with E-state index in [1.54, 1.807) is 0 Å². The highest BCUT2D eigenvalue weighted by atomic mass is 35.5. The van der Waals surface area contributed by atoms with Crippen LogP contribution in [0.5, 0.6) is 5.88 Å². The van der Waals surface area contributed by atoms with E-state index in [0.29, 0.717) is 31.5 Å². The Bertz CT molecular complexity index is 936. The molecule has 1 aliphatic rings. The molecule has 1 aromatic carbocycles. The van der Waals surface area contributed by atoms with Crippen LogP contribution in [-0.4, -0.2) is 21.0 Å². The lowest BCUT2D eigenvalue weighted by molar-refractivity contribution is -0.143. The van der Waals surface area contributed by atoms with Gasteiger partial charge in [0.25, 0.3) is 5.88 Å². The van der Waals surface area contributed by atoms with Gasteiger partial charge in [-0.15, -0.1) is 0 Å². The first-order valence-electron chi connectivity index (χ1n) is 9.40. The van der Waals surface area contributed by atoms with Crippen LogP contribution >= 0.6 is 11.6 Å². The second-order valence-electron chi connectivity index (χ2n) is 6.99. The Morgan fingerprint density at radius 1 is 1.38 bits per heavy atom. The molecule has 0 saturated heterocycles. The third-order valence-electron chi connectivity index (χ3n) is 5.16. The fourth-order valence-corrected chi connectivity index (χ4v) is 3.68.